The Balaban J connectivity index is 1.63. The third kappa shape index (κ3) is 4.96. The number of benzene rings is 1. The smallest absolute Gasteiger partial charge is 0.222 e. The van der Waals surface area contributed by atoms with Crippen LogP contribution in [0.1, 0.15) is 12.8 Å². The molecule has 0 radical (unpaired) electrons. The molecule has 0 atom stereocenters. The van der Waals surface area contributed by atoms with Gasteiger partial charge < -0.3 is 14.7 Å². The highest BCUT2D eigenvalue weighted by atomic mass is 19.1. The predicted molar refractivity (Wildman–Crippen MR) is 81.2 cm³/mol. The van der Waals surface area contributed by atoms with E-state index in [2.05, 4.69) is 4.90 Å². The monoisotopic (exact) mass is 310 g/mol. The molecule has 0 unspecified atom stereocenters. The van der Waals surface area contributed by atoms with E-state index in [9.17, 15) is 9.18 Å². The first-order valence-corrected chi connectivity index (χ1v) is 7.69. The van der Waals surface area contributed by atoms with E-state index in [0.717, 1.165) is 13.1 Å². The van der Waals surface area contributed by atoms with Crippen LogP contribution in [0, 0.1) is 5.82 Å². The quantitative estimate of drug-likeness (QED) is 0.767. The molecule has 1 aliphatic rings. The first kappa shape index (κ1) is 16.7. The number of carbonyl (C=O) groups excluding carboxylic acids is 1. The van der Waals surface area contributed by atoms with Gasteiger partial charge in [-0.2, -0.15) is 0 Å². The summed E-state index contributed by atoms with van der Waals surface area (Å²) in [5.74, 6) is -0.0396. The van der Waals surface area contributed by atoms with Crippen LogP contribution < -0.4 is 4.74 Å². The molecule has 0 aromatic heterocycles. The fourth-order valence-corrected chi connectivity index (χ4v) is 2.49. The summed E-state index contributed by atoms with van der Waals surface area (Å²) in [5.41, 5.74) is 0. The van der Waals surface area contributed by atoms with Gasteiger partial charge in [-0.15, -0.1) is 0 Å². The second-order valence-electron chi connectivity index (χ2n) is 5.33. The van der Waals surface area contributed by atoms with Crippen molar-refractivity contribution < 1.29 is 19.0 Å². The highest BCUT2D eigenvalue weighted by Gasteiger charge is 2.20. The third-order valence-electron chi connectivity index (χ3n) is 3.77. The Labute approximate surface area is 130 Å². The number of hydrogen-bond donors (Lipinski definition) is 1. The Morgan fingerprint density at radius 1 is 1.23 bits per heavy atom. The maximum atomic E-state index is 13.3. The van der Waals surface area contributed by atoms with Crippen LogP contribution in [0.2, 0.25) is 0 Å². The number of aliphatic hydroxyl groups excluding tert-OH is 1. The van der Waals surface area contributed by atoms with Crippen LogP contribution in [0.15, 0.2) is 24.3 Å². The molecule has 1 saturated heterocycles. The van der Waals surface area contributed by atoms with Crippen LogP contribution in [-0.4, -0.2) is 66.8 Å². The summed E-state index contributed by atoms with van der Waals surface area (Å²) >= 11 is 0. The lowest BCUT2D eigenvalue weighted by Gasteiger charge is -2.34. The van der Waals surface area contributed by atoms with Crippen molar-refractivity contribution in [3.8, 4) is 5.75 Å². The molecule has 2 rings (SSSR count). The van der Waals surface area contributed by atoms with Crippen LogP contribution in [-0.2, 0) is 4.79 Å². The minimum atomic E-state index is -0.381. The zero-order valence-electron chi connectivity index (χ0n) is 12.7. The molecule has 1 aromatic carbocycles. The number of para-hydroxylation sites is 1. The first-order valence-electron chi connectivity index (χ1n) is 7.69. The number of ether oxygens (including phenoxy) is 1. The molecular formula is C16H23FN2O3. The molecule has 6 heteroatoms. The van der Waals surface area contributed by atoms with Gasteiger partial charge in [0, 0.05) is 39.1 Å². The summed E-state index contributed by atoms with van der Waals surface area (Å²) in [5, 5.41) is 8.89. The summed E-state index contributed by atoms with van der Waals surface area (Å²) in [7, 11) is 0. The second kappa shape index (κ2) is 8.70. The van der Waals surface area contributed by atoms with E-state index in [1.54, 1.807) is 18.2 Å². The topological polar surface area (TPSA) is 53.0 Å². The summed E-state index contributed by atoms with van der Waals surface area (Å²) in [6.45, 7) is 4.16. The van der Waals surface area contributed by atoms with Crippen LogP contribution in [0.3, 0.4) is 0 Å². The number of β-amino-alcohol motifs (C(OH)–C–C–N with tert-alkyl or cyclic N) is 1. The van der Waals surface area contributed by atoms with Crippen molar-refractivity contribution in [3.05, 3.63) is 30.1 Å². The number of rotatable bonds is 7. The van der Waals surface area contributed by atoms with Gasteiger partial charge in [-0.3, -0.25) is 9.69 Å². The fraction of sp³-hybridized carbons (Fsp3) is 0.562. The zero-order valence-corrected chi connectivity index (χ0v) is 12.7. The van der Waals surface area contributed by atoms with E-state index in [1.165, 1.54) is 6.07 Å². The molecule has 22 heavy (non-hydrogen) atoms. The Morgan fingerprint density at radius 3 is 2.64 bits per heavy atom. The third-order valence-corrected chi connectivity index (χ3v) is 3.77. The lowest BCUT2D eigenvalue weighted by Crippen LogP contribution is -2.49. The molecule has 0 aliphatic carbocycles. The van der Waals surface area contributed by atoms with Crippen molar-refractivity contribution in [2.24, 2.45) is 0 Å². The minimum absolute atomic E-state index is 0.112. The summed E-state index contributed by atoms with van der Waals surface area (Å²) in [4.78, 5) is 16.1. The molecule has 0 bridgehead atoms. The molecule has 1 heterocycles. The molecule has 5 nitrogen and oxygen atoms in total. The number of halogens is 1. The van der Waals surface area contributed by atoms with E-state index >= 15 is 0 Å². The van der Waals surface area contributed by atoms with Crippen molar-refractivity contribution >= 4 is 5.91 Å². The molecule has 1 fully saturated rings. The summed E-state index contributed by atoms with van der Waals surface area (Å²) in [6.07, 6.45) is 0.985. The molecule has 1 aliphatic heterocycles. The van der Waals surface area contributed by atoms with Gasteiger partial charge in [0.15, 0.2) is 11.6 Å². The van der Waals surface area contributed by atoms with Crippen molar-refractivity contribution in [1.29, 1.82) is 0 Å². The van der Waals surface area contributed by atoms with Crippen LogP contribution in [0.4, 0.5) is 4.39 Å². The van der Waals surface area contributed by atoms with Crippen molar-refractivity contribution in [2.75, 3.05) is 45.9 Å². The fourth-order valence-electron chi connectivity index (χ4n) is 2.49. The Hall–Kier alpha value is -1.66. The zero-order chi connectivity index (χ0) is 15.8. The van der Waals surface area contributed by atoms with Gasteiger partial charge in [-0.05, 0) is 18.6 Å². The lowest BCUT2D eigenvalue weighted by molar-refractivity contribution is -0.133. The maximum Gasteiger partial charge on any atom is 0.222 e. The predicted octanol–water partition coefficient (Wildman–Crippen LogP) is 1.12. The van der Waals surface area contributed by atoms with Crippen LogP contribution >= 0.6 is 0 Å². The number of amides is 1. The number of piperazine rings is 1. The minimum Gasteiger partial charge on any atom is -0.491 e. The number of carbonyl (C=O) groups is 1. The molecule has 0 saturated carbocycles. The summed E-state index contributed by atoms with van der Waals surface area (Å²) in [6, 6.07) is 6.27. The largest absolute Gasteiger partial charge is 0.491 e. The van der Waals surface area contributed by atoms with E-state index in [4.69, 9.17) is 9.84 Å². The number of hydrogen-bond acceptors (Lipinski definition) is 4. The van der Waals surface area contributed by atoms with Gasteiger partial charge in [-0.1, -0.05) is 12.1 Å². The van der Waals surface area contributed by atoms with Gasteiger partial charge in [0.1, 0.15) is 0 Å². The molecule has 122 valence electrons. The Bertz CT molecular complexity index is 476. The molecule has 1 aromatic rings. The van der Waals surface area contributed by atoms with E-state index in [0.29, 0.717) is 39.1 Å². The average Bonchev–Trinajstić information content (AvgIpc) is 2.54. The lowest BCUT2D eigenvalue weighted by atomic mass is 10.2. The van der Waals surface area contributed by atoms with Crippen LogP contribution in [0.5, 0.6) is 5.75 Å². The first-order chi connectivity index (χ1) is 10.7. The molecule has 1 amide bonds. The highest BCUT2D eigenvalue weighted by Crippen LogP contribution is 2.15. The van der Waals surface area contributed by atoms with Gasteiger partial charge >= 0.3 is 0 Å². The van der Waals surface area contributed by atoms with Crippen molar-refractivity contribution in [3.63, 3.8) is 0 Å². The molecule has 1 N–H and O–H groups in total. The van der Waals surface area contributed by atoms with Gasteiger partial charge in [0.05, 0.1) is 13.2 Å². The van der Waals surface area contributed by atoms with E-state index < -0.39 is 0 Å². The van der Waals surface area contributed by atoms with Gasteiger partial charge in [-0.25, -0.2) is 4.39 Å². The second-order valence-corrected chi connectivity index (χ2v) is 5.33. The SMILES string of the molecule is O=C(CCCOc1ccccc1F)N1CCN(CCO)CC1. The maximum absolute atomic E-state index is 13.3. The molecular weight excluding hydrogens is 287 g/mol. The Kier molecular flexibility index (Phi) is 6.61. The molecule has 0 spiro atoms. The standard InChI is InChI=1S/C16H23FN2O3/c17-14-4-1-2-5-15(14)22-13-3-6-16(21)19-9-7-18(8-10-19)11-12-20/h1-2,4-5,20H,3,6-13H2. The number of aliphatic hydroxyl groups is 1. The van der Waals surface area contributed by atoms with Gasteiger partial charge in [0.2, 0.25) is 5.91 Å². The van der Waals surface area contributed by atoms with Crippen LogP contribution in [0.25, 0.3) is 0 Å². The Morgan fingerprint density at radius 2 is 1.95 bits per heavy atom. The van der Waals surface area contributed by atoms with Gasteiger partial charge in [0.25, 0.3) is 0 Å². The van der Waals surface area contributed by atoms with E-state index in [-0.39, 0.29) is 24.1 Å². The summed E-state index contributed by atoms with van der Waals surface area (Å²) < 4.78 is 18.7. The highest BCUT2D eigenvalue weighted by molar-refractivity contribution is 5.76. The van der Waals surface area contributed by atoms with E-state index in [1.807, 2.05) is 4.90 Å². The number of nitrogens with zero attached hydrogens (tertiary/aromatic N) is 2. The van der Waals surface area contributed by atoms with Crippen molar-refractivity contribution in [2.45, 2.75) is 12.8 Å². The van der Waals surface area contributed by atoms with Crippen molar-refractivity contribution in [1.82, 2.24) is 9.80 Å². The average molecular weight is 310 g/mol. The normalized spacial score (nSPS) is 15.8.